The van der Waals surface area contributed by atoms with Crippen LogP contribution in [0.2, 0.25) is 0 Å². The van der Waals surface area contributed by atoms with E-state index in [9.17, 15) is 26.8 Å². The number of benzene rings is 3. The van der Waals surface area contributed by atoms with Crippen molar-refractivity contribution in [2.24, 2.45) is 5.73 Å². The minimum Gasteiger partial charge on any atom is -0.369 e. The Morgan fingerprint density at radius 3 is 2.31 bits per heavy atom. The molecule has 42 heavy (non-hydrogen) atoms. The largest absolute Gasteiger partial charge is 0.369 e. The van der Waals surface area contributed by atoms with Crippen LogP contribution in [-0.2, 0) is 14.6 Å². The maximum atomic E-state index is 13.7. The number of hydrogen-bond donors (Lipinski definition) is 4. The number of aromatic amines is 1. The van der Waals surface area contributed by atoms with Crippen molar-refractivity contribution in [1.29, 1.82) is 0 Å². The number of nitrogens with one attached hydrogen (secondary N) is 3. The van der Waals surface area contributed by atoms with E-state index in [4.69, 9.17) is 5.73 Å². The summed E-state index contributed by atoms with van der Waals surface area (Å²) in [6, 6.07) is 10.2. The molecule has 2 heterocycles. The van der Waals surface area contributed by atoms with Crippen molar-refractivity contribution in [2.75, 3.05) is 48.8 Å². The van der Waals surface area contributed by atoms with Gasteiger partial charge in [0.25, 0.3) is 5.91 Å². The predicted octanol–water partition coefficient (Wildman–Crippen LogP) is 2.96. The van der Waals surface area contributed by atoms with Gasteiger partial charge in [-0.1, -0.05) is 0 Å². The molecule has 220 valence electrons. The van der Waals surface area contributed by atoms with Crippen LogP contribution in [0.5, 0.6) is 0 Å². The molecule has 11 nitrogen and oxygen atoms in total. The lowest BCUT2D eigenvalue weighted by Crippen LogP contribution is -2.44. The van der Waals surface area contributed by atoms with Crippen LogP contribution in [0.1, 0.15) is 17.3 Å². The molecule has 0 unspecified atom stereocenters. The van der Waals surface area contributed by atoms with E-state index in [0.29, 0.717) is 11.6 Å². The van der Waals surface area contributed by atoms with Gasteiger partial charge in [0.05, 0.1) is 32.6 Å². The van der Waals surface area contributed by atoms with Crippen LogP contribution in [-0.4, -0.2) is 74.6 Å². The van der Waals surface area contributed by atoms with E-state index < -0.39 is 44.2 Å². The number of nitrogens with two attached hydrogens (primary N) is 1. The fourth-order valence-corrected chi connectivity index (χ4v) is 5.92. The normalized spacial score (nSPS) is 15.0. The van der Waals surface area contributed by atoms with Gasteiger partial charge in [-0.2, -0.15) is 5.10 Å². The lowest BCUT2D eigenvalue weighted by Gasteiger charge is -2.34. The van der Waals surface area contributed by atoms with Crippen molar-refractivity contribution in [1.82, 2.24) is 15.1 Å². The maximum Gasteiger partial charge on any atom is 0.258 e. The first kappa shape index (κ1) is 29.1. The lowest BCUT2D eigenvalue weighted by molar-refractivity contribution is -0.117. The van der Waals surface area contributed by atoms with E-state index in [0.717, 1.165) is 44.0 Å². The van der Waals surface area contributed by atoms with Crippen molar-refractivity contribution in [3.05, 3.63) is 71.8 Å². The summed E-state index contributed by atoms with van der Waals surface area (Å²) in [7, 11) is -2.26. The van der Waals surface area contributed by atoms with Gasteiger partial charge in [-0.25, -0.2) is 17.2 Å². The Bertz CT molecular complexity index is 1760. The molecule has 5 N–H and O–H groups in total. The molecule has 0 saturated carbocycles. The molecule has 1 aliphatic rings. The van der Waals surface area contributed by atoms with Crippen LogP contribution in [0.25, 0.3) is 10.9 Å². The SMILES string of the molecule is C[C@H](N)C(=O)Nc1cc(N2CCN(C)CC2)ccc1C(=O)Nc1n[nH]c2ccc(S(=O)(=O)c3cc(F)cc(F)c3)cc12. The molecule has 1 aliphatic heterocycles. The van der Waals surface area contributed by atoms with Crippen molar-refractivity contribution >= 4 is 49.7 Å². The van der Waals surface area contributed by atoms with E-state index in [2.05, 4.69) is 30.6 Å². The van der Waals surface area contributed by atoms with Gasteiger partial charge in [0.15, 0.2) is 5.82 Å². The van der Waals surface area contributed by atoms with E-state index in [-0.39, 0.29) is 27.4 Å². The first-order valence-corrected chi connectivity index (χ1v) is 14.6. The molecule has 5 rings (SSSR count). The van der Waals surface area contributed by atoms with Crippen LogP contribution in [0, 0.1) is 11.6 Å². The average molecular weight is 598 g/mol. The standard InChI is InChI=1S/C28H29F2N7O4S/c1-16(31)27(38)32-25-14-19(37-9-7-36(2)8-10-37)3-5-22(25)28(39)33-26-23-15-20(4-6-24(23)34-35-26)42(40,41)21-12-17(29)11-18(30)13-21/h3-6,11-16H,7-10,31H2,1-2H3,(H,32,38)(H2,33,34,35,39)/t16-/m0/s1. The third-order valence-corrected chi connectivity index (χ3v) is 8.74. The molecular weight excluding hydrogens is 568 g/mol. The van der Waals surface area contributed by atoms with Gasteiger partial charge in [0.2, 0.25) is 15.7 Å². The number of aromatic nitrogens is 2. The number of piperazine rings is 1. The zero-order valence-corrected chi connectivity index (χ0v) is 23.6. The van der Waals surface area contributed by atoms with Crippen LogP contribution in [0.3, 0.4) is 0 Å². The highest BCUT2D eigenvalue weighted by Gasteiger charge is 2.24. The van der Waals surface area contributed by atoms with E-state index in [1.807, 2.05) is 7.05 Å². The molecule has 14 heteroatoms. The number of anilines is 3. The zero-order valence-electron chi connectivity index (χ0n) is 22.8. The first-order chi connectivity index (χ1) is 19.9. The molecular formula is C28H29F2N7O4S. The predicted molar refractivity (Wildman–Crippen MR) is 154 cm³/mol. The second kappa shape index (κ2) is 11.5. The van der Waals surface area contributed by atoms with Gasteiger partial charge in [-0.15, -0.1) is 0 Å². The highest BCUT2D eigenvalue weighted by molar-refractivity contribution is 7.91. The van der Waals surface area contributed by atoms with E-state index in [1.54, 1.807) is 18.2 Å². The quantitative estimate of drug-likeness (QED) is 0.254. The van der Waals surface area contributed by atoms with Gasteiger partial charge in [0, 0.05) is 43.3 Å². The van der Waals surface area contributed by atoms with Gasteiger partial charge in [-0.05, 0) is 62.5 Å². The number of likely N-dealkylation sites (N-methyl/N-ethyl adjacent to an activating group) is 1. The summed E-state index contributed by atoms with van der Waals surface area (Å²) in [5.41, 5.74) is 7.38. The Balaban J connectivity index is 1.47. The summed E-state index contributed by atoms with van der Waals surface area (Å²) in [6.45, 7) is 4.80. The lowest BCUT2D eigenvalue weighted by atomic mass is 10.1. The summed E-state index contributed by atoms with van der Waals surface area (Å²) >= 11 is 0. The average Bonchev–Trinajstić information content (AvgIpc) is 3.34. The molecule has 0 spiro atoms. The Morgan fingerprint density at radius 1 is 0.952 bits per heavy atom. The second-order valence-electron chi connectivity index (χ2n) is 10.1. The number of hydrogen-bond acceptors (Lipinski definition) is 8. The Morgan fingerprint density at radius 2 is 1.64 bits per heavy atom. The Kier molecular flexibility index (Phi) is 7.95. The minimum atomic E-state index is -4.30. The van der Waals surface area contributed by atoms with Crippen molar-refractivity contribution in [2.45, 2.75) is 22.8 Å². The van der Waals surface area contributed by atoms with Crippen LogP contribution in [0.4, 0.5) is 26.0 Å². The fraction of sp³-hybridized carbons (Fsp3) is 0.250. The summed E-state index contributed by atoms with van der Waals surface area (Å²) < 4.78 is 53.8. The third kappa shape index (κ3) is 5.95. The monoisotopic (exact) mass is 597 g/mol. The number of carbonyl (C=O) groups is 2. The van der Waals surface area contributed by atoms with Crippen LogP contribution >= 0.6 is 0 Å². The molecule has 0 radical (unpaired) electrons. The fourth-order valence-electron chi connectivity index (χ4n) is 4.59. The molecule has 1 saturated heterocycles. The molecule has 1 aromatic heterocycles. The zero-order chi connectivity index (χ0) is 30.2. The smallest absolute Gasteiger partial charge is 0.258 e. The molecule has 2 amide bonds. The summed E-state index contributed by atoms with van der Waals surface area (Å²) in [5.74, 6) is -3.14. The molecule has 0 aliphatic carbocycles. The number of nitrogens with zero attached hydrogens (tertiary/aromatic N) is 3. The molecule has 1 atom stereocenters. The van der Waals surface area contributed by atoms with Gasteiger partial charge in [-0.3, -0.25) is 14.7 Å². The summed E-state index contributed by atoms with van der Waals surface area (Å²) in [5, 5.41) is 12.5. The molecule has 0 bridgehead atoms. The van der Waals surface area contributed by atoms with Gasteiger partial charge >= 0.3 is 0 Å². The number of rotatable bonds is 7. The number of H-pyrrole nitrogens is 1. The van der Waals surface area contributed by atoms with Crippen molar-refractivity contribution in [3.8, 4) is 0 Å². The van der Waals surface area contributed by atoms with Crippen LogP contribution < -0.4 is 21.3 Å². The minimum absolute atomic E-state index is 0.0186. The maximum absolute atomic E-state index is 13.7. The second-order valence-corrected chi connectivity index (χ2v) is 12.1. The van der Waals surface area contributed by atoms with E-state index in [1.165, 1.54) is 25.1 Å². The molecule has 3 aromatic carbocycles. The Labute approximate surface area is 240 Å². The number of carbonyl (C=O) groups excluding carboxylic acids is 2. The van der Waals surface area contributed by atoms with Crippen molar-refractivity contribution in [3.63, 3.8) is 0 Å². The number of fused-ring (bicyclic) bond motifs is 1. The first-order valence-electron chi connectivity index (χ1n) is 13.1. The van der Waals surface area contributed by atoms with Gasteiger partial charge < -0.3 is 26.2 Å². The highest BCUT2D eigenvalue weighted by Crippen LogP contribution is 2.30. The highest BCUT2D eigenvalue weighted by atomic mass is 32.2. The van der Waals surface area contributed by atoms with Crippen molar-refractivity contribution < 1.29 is 26.8 Å². The number of sulfone groups is 1. The summed E-state index contributed by atoms with van der Waals surface area (Å²) in [6.07, 6.45) is 0. The van der Waals surface area contributed by atoms with E-state index >= 15 is 0 Å². The topological polar surface area (TPSA) is 154 Å². The number of amides is 2. The summed E-state index contributed by atoms with van der Waals surface area (Å²) in [4.78, 5) is 29.5. The van der Waals surface area contributed by atoms with Gasteiger partial charge in [0.1, 0.15) is 11.6 Å². The molecule has 1 fully saturated rings. The third-order valence-electron chi connectivity index (χ3n) is 7.01. The molecule has 4 aromatic rings. The van der Waals surface area contributed by atoms with Crippen LogP contribution in [0.15, 0.2) is 64.4 Å². The number of halogens is 2. The Hall–Kier alpha value is -4.40.